The molecule has 17 heavy (non-hydrogen) atoms. The Morgan fingerprint density at radius 1 is 1.41 bits per heavy atom. The van der Waals surface area contributed by atoms with Gasteiger partial charge in [-0.25, -0.2) is 0 Å². The minimum atomic E-state index is -0.0290. The number of nitrogens with zero attached hydrogens (tertiary/aromatic N) is 1. The maximum absolute atomic E-state index is 12.2. The minimum absolute atomic E-state index is 0.0290. The second-order valence-electron chi connectivity index (χ2n) is 4.06. The molecule has 1 aliphatic heterocycles. The monoisotopic (exact) mass is 273 g/mol. The molecular formula is C12H13Cl2NO2. The lowest BCUT2D eigenvalue weighted by Crippen LogP contribution is -2.44. The molecule has 1 aromatic carbocycles. The van der Waals surface area contributed by atoms with Crippen molar-refractivity contribution in [1.29, 1.82) is 0 Å². The summed E-state index contributed by atoms with van der Waals surface area (Å²) in [5.41, 5.74) is 0.563. The first-order valence-electron chi connectivity index (χ1n) is 5.44. The van der Waals surface area contributed by atoms with Crippen LogP contribution in [0.1, 0.15) is 17.3 Å². The van der Waals surface area contributed by atoms with E-state index in [-0.39, 0.29) is 12.0 Å². The Balaban J connectivity index is 2.15. The van der Waals surface area contributed by atoms with Gasteiger partial charge in [0.15, 0.2) is 0 Å². The van der Waals surface area contributed by atoms with Crippen molar-refractivity contribution in [2.45, 2.75) is 13.0 Å². The molecule has 0 N–H and O–H groups in total. The maximum Gasteiger partial charge on any atom is 0.254 e. The summed E-state index contributed by atoms with van der Waals surface area (Å²) in [6.45, 7) is 3.75. The first-order valence-corrected chi connectivity index (χ1v) is 6.19. The molecule has 0 aromatic heterocycles. The third-order valence-corrected chi connectivity index (χ3v) is 3.43. The van der Waals surface area contributed by atoms with Crippen molar-refractivity contribution in [3.8, 4) is 0 Å². The number of ether oxygens (including phenoxy) is 1. The van der Waals surface area contributed by atoms with E-state index in [4.69, 9.17) is 27.9 Å². The van der Waals surface area contributed by atoms with E-state index in [1.165, 1.54) is 0 Å². The number of amides is 1. The molecule has 1 atom stereocenters. The van der Waals surface area contributed by atoms with Crippen molar-refractivity contribution >= 4 is 29.1 Å². The van der Waals surface area contributed by atoms with Crippen molar-refractivity contribution in [3.63, 3.8) is 0 Å². The van der Waals surface area contributed by atoms with Gasteiger partial charge in [-0.05, 0) is 25.1 Å². The van der Waals surface area contributed by atoms with Crippen LogP contribution < -0.4 is 0 Å². The van der Waals surface area contributed by atoms with Crippen LogP contribution in [0, 0.1) is 0 Å². The third kappa shape index (κ3) is 2.92. The van der Waals surface area contributed by atoms with Crippen LogP contribution in [0.25, 0.3) is 0 Å². The summed E-state index contributed by atoms with van der Waals surface area (Å²) in [6.07, 6.45) is 0.0791. The van der Waals surface area contributed by atoms with Gasteiger partial charge in [-0.1, -0.05) is 23.2 Å². The molecule has 1 saturated heterocycles. The molecular weight excluding hydrogens is 261 g/mol. The highest BCUT2D eigenvalue weighted by atomic mass is 35.5. The molecule has 1 fully saturated rings. The summed E-state index contributed by atoms with van der Waals surface area (Å²) in [4.78, 5) is 13.9. The van der Waals surface area contributed by atoms with Gasteiger partial charge >= 0.3 is 0 Å². The number of benzene rings is 1. The standard InChI is InChI=1S/C12H13Cl2NO2/c1-8-7-15(4-5-17-8)12(16)9-2-3-10(13)11(14)6-9/h2-3,6,8H,4-5,7H2,1H3. The summed E-state index contributed by atoms with van der Waals surface area (Å²) in [5, 5.41) is 0.859. The molecule has 0 bridgehead atoms. The number of hydrogen-bond acceptors (Lipinski definition) is 2. The molecule has 1 aromatic rings. The van der Waals surface area contributed by atoms with Crippen LogP contribution in [0.3, 0.4) is 0 Å². The molecule has 0 radical (unpaired) electrons. The van der Waals surface area contributed by atoms with Crippen molar-refractivity contribution in [2.24, 2.45) is 0 Å². The van der Waals surface area contributed by atoms with E-state index in [2.05, 4.69) is 0 Å². The van der Waals surface area contributed by atoms with E-state index >= 15 is 0 Å². The van der Waals surface area contributed by atoms with E-state index in [0.29, 0.717) is 35.3 Å². The molecule has 0 saturated carbocycles. The van der Waals surface area contributed by atoms with Crippen LogP contribution in [0.4, 0.5) is 0 Å². The average Bonchev–Trinajstić information content (AvgIpc) is 2.32. The van der Waals surface area contributed by atoms with Gasteiger partial charge in [0, 0.05) is 18.7 Å². The third-order valence-electron chi connectivity index (χ3n) is 2.69. The van der Waals surface area contributed by atoms with E-state index in [0.717, 1.165) is 0 Å². The number of carbonyl (C=O) groups is 1. The second kappa shape index (κ2) is 5.25. The van der Waals surface area contributed by atoms with Crippen LogP contribution in [-0.4, -0.2) is 36.6 Å². The summed E-state index contributed by atoms with van der Waals surface area (Å²) in [5.74, 6) is -0.0290. The second-order valence-corrected chi connectivity index (χ2v) is 4.88. The number of hydrogen-bond donors (Lipinski definition) is 0. The SMILES string of the molecule is CC1CN(C(=O)c2ccc(Cl)c(Cl)c2)CCO1. The van der Waals surface area contributed by atoms with Crippen LogP contribution >= 0.6 is 23.2 Å². The minimum Gasteiger partial charge on any atom is -0.375 e. The smallest absolute Gasteiger partial charge is 0.254 e. The predicted octanol–water partition coefficient (Wildman–Crippen LogP) is 2.85. The van der Waals surface area contributed by atoms with Gasteiger partial charge in [0.25, 0.3) is 5.91 Å². The number of rotatable bonds is 1. The van der Waals surface area contributed by atoms with Crippen LogP contribution in [0.2, 0.25) is 10.0 Å². The first-order chi connectivity index (χ1) is 8.08. The average molecular weight is 274 g/mol. The zero-order valence-corrected chi connectivity index (χ0v) is 11.0. The summed E-state index contributed by atoms with van der Waals surface area (Å²) >= 11 is 11.7. The number of morpholine rings is 1. The van der Waals surface area contributed by atoms with Crippen LogP contribution in [0.5, 0.6) is 0 Å². The molecule has 1 unspecified atom stereocenters. The van der Waals surface area contributed by atoms with Crippen LogP contribution in [0.15, 0.2) is 18.2 Å². The molecule has 2 rings (SSSR count). The fraction of sp³-hybridized carbons (Fsp3) is 0.417. The highest BCUT2D eigenvalue weighted by molar-refractivity contribution is 6.42. The predicted molar refractivity (Wildman–Crippen MR) is 67.8 cm³/mol. The van der Waals surface area contributed by atoms with E-state index in [9.17, 15) is 4.79 Å². The van der Waals surface area contributed by atoms with E-state index < -0.39 is 0 Å². The summed E-state index contributed by atoms with van der Waals surface area (Å²) in [6, 6.07) is 4.93. The summed E-state index contributed by atoms with van der Waals surface area (Å²) < 4.78 is 5.40. The largest absolute Gasteiger partial charge is 0.375 e. The van der Waals surface area contributed by atoms with Crippen molar-refractivity contribution < 1.29 is 9.53 Å². The molecule has 0 aliphatic carbocycles. The molecule has 5 heteroatoms. The molecule has 1 heterocycles. The Labute approximate surface area is 110 Å². The lowest BCUT2D eigenvalue weighted by Gasteiger charge is -2.31. The van der Waals surface area contributed by atoms with Crippen LogP contribution in [-0.2, 0) is 4.74 Å². The molecule has 92 valence electrons. The van der Waals surface area contributed by atoms with E-state index in [1.54, 1.807) is 23.1 Å². The lowest BCUT2D eigenvalue weighted by atomic mass is 10.2. The Morgan fingerprint density at radius 3 is 2.82 bits per heavy atom. The first kappa shape index (κ1) is 12.7. The van der Waals surface area contributed by atoms with Gasteiger partial charge in [0.05, 0.1) is 22.8 Å². The fourth-order valence-electron chi connectivity index (χ4n) is 1.81. The maximum atomic E-state index is 12.2. The number of halogens is 2. The topological polar surface area (TPSA) is 29.5 Å². The lowest BCUT2D eigenvalue weighted by molar-refractivity contribution is -0.0124. The highest BCUT2D eigenvalue weighted by Gasteiger charge is 2.22. The van der Waals surface area contributed by atoms with Gasteiger partial charge in [-0.2, -0.15) is 0 Å². The Morgan fingerprint density at radius 2 is 2.18 bits per heavy atom. The Bertz CT molecular complexity index is 437. The van der Waals surface area contributed by atoms with Crippen molar-refractivity contribution in [3.05, 3.63) is 33.8 Å². The molecule has 1 amide bonds. The number of carbonyl (C=O) groups excluding carboxylic acids is 1. The van der Waals surface area contributed by atoms with Crippen molar-refractivity contribution in [1.82, 2.24) is 4.90 Å². The Hall–Kier alpha value is -0.770. The fourth-order valence-corrected chi connectivity index (χ4v) is 2.11. The van der Waals surface area contributed by atoms with Gasteiger partial charge in [-0.15, -0.1) is 0 Å². The van der Waals surface area contributed by atoms with Gasteiger partial charge < -0.3 is 9.64 Å². The highest BCUT2D eigenvalue weighted by Crippen LogP contribution is 2.23. The Kier molecular flexibility index (Phi) is 3.92. The molecule has 3 nitrogen and oxygen atoms in total. The quantitative estimate of drug-likeness (QED) is 0.788. The zero-order valence-electron chi connectivity index (χ0n) is 9.45. The zero-order chi connectivity index (χ0) is 12.4. The van der Waals surface area contributed by atoms with Gasteiger partial charge in [0.2, 0.25) is 0 Å². The molecule has 1 aliphatic rings. The van der Waals surface area contributed by atoms with Gasteiger partial charge in [-0.3, -0.25) is 4.79 Å². The van der Waals surface area contributed by atoms with E-state index in [1.807, 2.05) is 6.92 Å². The van der Waals surface area contributed by atoms with Crippen molar-refractivity contribution in [2.75, 3.05) is 19.7 Å². The summed E-state index contributed by atoms with van der Waals surface area (Å²) in [7, 11) is 0. The molecule has 0 spiro atoms. The normalized spacial score (nSPS) is 20.4. The van der Waals surface area contributed by atoms with Gasteiger partial charge in [0.1, 0.15) is 0 Å².